The van der Waals surface area contributed by atoms with Gasteiger partial charge in [-0.05, 0) is 29.6 Å². The molecule has 0 radical (unpaired) electrons. The fourth-order valence-corrected chi connectivity index (χ4v) is 2.34. The highest BCUT2D eigenvalue weighted by Crippen LogP contribution is 2.15. The fourth-order valence-electron chi connectivity index (χ4n) is 1.35. The van der Waals surface area contributed by atoms with Crippen LogP contribution in [0.1, 0.15) is 4.88 Å². The maximum absolute atomic E-state index is 11.5. The molecule has 19 heavy (non-hydrogen) atoms. The monoisotopic (exact) mass is 337 g/mol. The smallest absolute Gasteiger partial charge is 0.259 e. The standard InChI is InChI=1S/C13H12BrN3OS/c14-10-3-1-4-11(7-10)15-9-13(18)17-16-8-12-5-2-6-19-12/h1-8,15H,9H2,(H,17,18). The molecule has 0 aliphatic carbocycles. The molecule has 1 amide bonds. The Labute approximate surface area is 123 Å². The zero-order chi connectivity index (χ0) is 13.5. The van der Waals surface area contributed by atoms with Gasteiger partial charge in [0.25, 0.3) is 5.91 Å². The summed E-state index contributed by atoms with van der Waals surface area (Å²) in [6.45, 7) is 0.179. The van der Waals surface area contributed by atoms with Crippen molar-refractivity contribution in [1.82, 2.24) is 5.43 Å². The van der Waals surface area contributed by atoms with Crippen molar-refractivity contribution in [2.24, 2.45) is 5.10 Å². The highest BCUT2D eigenvalue weighted by Gasteiger charge is 1.99. The lowest BCUT2D eigenvalue weighted by Gasteiger charge is -2.05. The first-order chi connectivity index (χ1) is 9.24. The minimum atomic E-state index is -0.187. The van der Waals surface area contributed by atoms with Crippen molar-refractivity contribution < 1.29 is 4.79 Å². The second kappa shape index (κ2) is 7.06. The Balaban J connectivity index is 1.76. The summed E-state index contributed by atoms with van der Waals surface area (Å²) in [7, 11) is 0. The predicted molar refractivity (Wildman–Crippen MR) is 82.7 cm³/mol. The van der Waals surface area contributed by atoms with Crippen LogP contribution in [-0.2, 0) is 4.79 Å². The van der Waals surface area contributed by atoms with Gasteiger partial charge in [-0.25, -0.2) is 5.43 Å². The number of carbonyl (C=O) groups is 1. The first-order valence-electron chi connectivity index (χ1n) is 5.59. The molecule has 0 fully saturated rings. The van der Waals surface area contributed by atoms with Gasteiger partial charge >= 0.3 is 0 Å². The third-order valence-corrected chi connectivity index (χ3v) is 3.50. The molecule has 2 aromatic rings. The van der Waals surface area contributed by atoms with E-state index >= 15 is 0 Å². The summed E-state index contributed by atoms with van der Waals surface area (Å²) >= 11 is 4.94. The van der Waals surface area contributed by atoms with Crippen molar-refractivity contribution >= 4 is 45.1 Å². The lowest BCUT2D eigenvalue weighted by atomic mass is 10.3. The van der Waals surface area contributed by atoms with Crippen LogP contribution in [0.25, 0.3) is 0 Å². The third-order valence-electron chi connectivity index (χ3n) is 2.20. The van der Waals surface area contributed by atoms with Crippen LogP contribution in [0, 0.1) is 0 Å². The third kappa shape index (κ3) is 4.84. The largest absolute Gasteiger partial charge is 0.376 e. The molecular weight excluding hydrogens is 326 g/mol. The molecule has 4 nitrogen and oxygen atoms in total. The molecule has 6 heteroatoms. The zero-order valence-electron chi connectivity index (χ0n) is 9.97. The summed E-state index contributed by atoms with van der Waals surface area (Å²) in [5, 5.41) is 8.85. The van der Waals surface area contributed by atoms with Gasteiger partial charge in [0.15, 0.2) is 0 Å². The van der Waals surface area contributed by atoms with Crippen molar-refractivity contribution in [3.63, 3.8) is 0 Å². The number of carbonyl (C=O) groups excluding carboxylic acids is 1. The Bertz CT molecular complexity index is 569. The molecule has 0 bridgehead atoms. The lowest BCUT2D eigenvalue weighted by Crippen LogP contribution is -2.25. The van der Waals surface area contributed by atoms with E-state index < -0.39 is 0 Å². The molecule has 1 aromatic carbocycles. The summed E-state index contributed by atoms with van der Waals surface area (Å²) in [5.41, 5.74) is 3.35. The van der Waals surface area contributed by atoms with Gasteiger partial charge in [0.1, 0.15) is 0 Å². The van der Waals surface area contributed by atoms with Crippen LogP contribution in [0.3, 0.4) is 0 Å². The number of halogens is 1. The molecular formula is C13H12BrN3OS. The first-order valence-corrected chi connectivity index (χ1v) is 7.26. The van der Waals surface area contributed by atoms with Crippen LogP contribution in [0.15, 0.2) is 51.4 Å². The molecule has 0 saturated heterocycles. The molecule has 2 rings (SSSR count). The number of hydrogen-bond donors (Lipinski definition) is 2. The second-order valence-electron chi connectivity index (χ2n) is 3.67. The molecule has 1 aromatic heterocycles. The molecule has 0 unspecified atom stereocenters. The molecule has 0 spiro atoms. The van der Waals surface area contributed by atoms with Gasteiger partial charge in [-0.2, -0.15) is 5.10 Å². The second-order valence-corrected chi connectivity index (χ2v) is 5.57. The SMILES string of the molecule is O=C(CNc1cccc(Br)c1)NN=Cc1cccs1. The van der Waals surface area contributed by atoms with E-state index in [1.165, 1.54) is 0 Å². The molecule has 98 valence electrons. The van der Waals surface area contributed by atoms with Crippen molar-refractivity contribution in [2.75, 3.05) is 11.9 Å². The van der Waals surface area contributed by atoms with Crippen molar-refractivity contribution in [2.45, 2.75) is 0 Å². The van der Waals surface area contributed by atoms with Gasteiger partial charge in [-0.1, -0.05) is 28.1 Å². The average Bonchev–Trinajstić information content (AvgIpc) is 2.90. The van der Waals surface area contributed by atoms with E-state index in [0.717, 1.165) is 15.0 Å². The Morgan fingerprint density at radius 1 is 1.37 bits per heavy atom. The Hall–Kier alpha value is -1.66. The van der Waals surface area contributed by atoms with Crippen LogP contribution in [0.5, 0.6) is 0 Å². The first kappa shape index (κ1) is 13.8. The number of hydrazone groups is 1. The van der Waals surface area contributed by atoms with Gasteiger partial charge in [-0.15, -0.1) is 11.3 Å². The van der Waals surface area contributed by atoms with Gasteiger partial charge in [-0.3, -0.25) is 4.79 Å². The minimum absolute atomic E-state index is 0.179. The highest BCUT2D eigenvalue weighted by molar-refractivity contribution is 9.10. The normalized spacial score (nSPS) is 10.6. The summed E-state index contributed by atoms with van der Waals surface area (Å²) in [6.07, 6.45) is 1.63. The van der Waals surface area contributed by atoms with Crippen molar-refractivity contribution in [3.05, 3.63) is 51.1 Å². The Morgan fingerprint density at radius 2 is 2.26 bits per heavy atom. The molecule has 0 saturated carbocycles. The van der Waals surface area contributed by atoms with E-state index in [1.807, 2.05) is 41.8 Å². The average molecular weight is 338 g/mol. The number of hydrogen-bond acceptors (Lipinski definition) is 4. The van der Waals surface area contributed by atoms with E-state index in [-0.39, 0.29) is 12.5 Å². The van der Waals surface area contributed by atoms with Crippen molar-refractivity contribution in [3.8, 4) is 0 Å². The zero-order valence-corrected chi connectivity index (χ0v) is 12.4. The van der Waals surface area contributed by atoms with E-state index in [1.54, 1.807) is 17.6 Å². The number of amides is 1. The van der Waals surface area contributed by atoms with Gasteiger partial charge in [0, 0.05) is 15.0 Å². The van der Waals surface area contributed by atoms with E-state index in [9.17, 15) is 4.79 Å². The molecule has 0 aliphatic heterocycles. The number of rotatable bonds is 5. The van der Waals surface area contributed by atoms with Crippen LogP contribution in [-0.4, -0.2) is 18.7 Å². The topological polar surface area (TPSA) is 53.5 Å². The maximum Gasteiger partial charge on any atom is 0.259 e. The minimum Gasteiger partial charge on any atom is -0.376 e. The molecule has 0 aliphatic rings. The molecule has 1 heterocycles. The van der Waals surface area contributed by atoms with Gasteiger partial charge < -0.3 is 5.32 Å². The summed E-state index contributed by atoms with van der Waals surface area (Å²) < 4.78 is 0.966. The Morgan fingerprint density at radius 3 is 3.00 bits per heavy atom. The highest BCUT2D eigenvalue weighted by atomic mass is 79.9. The van der Waals surface area contributed by atoms with E-state index in [2.05, 4.69) is 31.8 Å². The van der Waals surface area contributed by atoms with Crippen LogP contribution in [0.4, 0.5) is 5.69 Å². The summed E-state index contributed by atoms with van der Waals surface area (Å²) in [4.78, 5) is 12.5. The van der Waals surface area contributed by atoms with Crippen molar-refractivity contribution in [1.29, 1.82) is 0 Å². The summed E-state index contributed by atoms with van der Waals surface area (Å²) in [6, 6.07) is 11.5. The van der Waals surface area contributed by atoms with Gasteiger partial charge in [0.05, 0.1) is 12.8 Å². The number of thiophene rings is 1. The number of benzene rings is 1. The van der Waals surface area contributed by atoms with Gasteiger partial charge in [0.2, 0.25) is 0 Å². The molecule has 0 atom stereocenters. The van der Waals surface area contributed by atoms with Crippen LogP contribution < -0.4 is 10.7 Å². The van der Waals surface area contributed by atoms with Crippen LogP contribution in [0.2, 0.25) is 0 Å². The van der Waals surface area contributed by atoms with E-state index in [4.69, 9.17) is 0 Å². The number of nitrogens with zero attached hydrogens (tertiary/aromatic N) is 1. The predicted octanol–water partition coefficient (Wildman–Crippen LogP) is 3.07. The Kier molecular flexibility index (Phi) is 5.11. The number of anilines is 1. The van der Waals surface area contributed by atoms with E-state index in [0.29, 0.717) is 0 Å². The summed E-state index contributed by atoms with van der Waals surface area (Å²) in [5.74, 6) is -0.187. The van der Waals surface area contributed by atoms with Crippen LogP contribution >= 0.6 is 27.3 Å². The maximum atomic E-state index is 11.5. The number of nitrogens with one attached hydrogen (secondary N) is 2. The lowest BCUT2D eigenvalue weighted by molar-refractivity contribution is -0.119. The molecule has 2 N–H and O–H groups in total. The quantitative estimate of drug-likeness (QED) is 0.650. The fraction of sp³-hybridized carbons (Fsp3) is 0.0769.